The van der Waals surface area contributed by atoms with Crippen LogP contribution in [0.25, 0.3) is 0 Å². The minimum absolute atomic E-state index is 0.0524. The van der Waals surface area contributed by atoms with Crippen molar-refractivity contribution < 1.29 is 8.42 Å². The summed E-state index contributed by atoms with van der Waals surface area (Å²) >= 11 is 0. The summed E-state index contributed by atoms with van der Waals surface area (Å²) < 4.78 is 28.4. The number of nitrogens with two attached hydrogens (primary N) is 1. The van der Waals surface area contributed by atoms with E-state index >= 15 is 0 Å². The molecule has 102 valence electrons. The minimum Gasteiger partial charge on any atom is -0.329 e. The van der Waals surface area contributed by atoms with Crippen molar-refractivity contribution in [1.82, 2.24) is 9.03 Å². The van der Waals surface area contributed by atoms with Crippen LogP contribution < -0.4 is 10.5 Å². The molecular formula is C11H25N3O2S. The summed E-state index contributed by atoms with van der Waals surface area (Å²) in [6.45, 7) is 7.58. The summed E-state index contributed by atoms with van der Waals surface area (Å²) in [7, 11) is -3.36. The molecule has 1 rings (SSSR count). The second kappa shape index (κ2) is 6.13. The van der Waals surface area contributed by atoms with Gasteiger partial charge >= 0.3 is 0 Å². The Balaban J connectivity index is 2.68. The van der Waals surface area contributed by atoms with E-state index in [2.05, 4.69) is 11.6 Å². The predicted molar refractivity (Wildman–Crippen MR) is 69.7 cm³/mol. The fourth-order valence-electron chi connectivity index (χ4n) is 2.12. The second-order valence-corrected chi connectivity index (χ2v) is 7.08. The molecule has 0 bridgehead atoms. The number of rotatable bonds is 5. The maximum atomic E-state index is 12.1. The molecule has 6 heteroatoms. The minimum atomic E-state index is -3.36. The Labute approximate surface area is 105 Å². The van der Waals surface area contributed by atoms with E-state index in [1.807, 2.05) is 13.8 Å². The normalized spacial score (nSPS) is 27.6. The van der Waals surface area contributed by atoms with E-state index in [0.29, 0.717) is 31.5 Å². The van der Waals surface area contributed by atoms with E-state index in [1.54, 1.807) is 0 Å². The molecule has 0 spiro atoms. The molecule has 1 fully saturated rings. The molecule has 0 radical (unpaired) electrons. The van der Waals surface area contributed by atoms with E-state index in [9.17, 15) is 8.42 Å². The molecule has 1 saturated heterocycles. The van der Waals surface area contributed by atoms with E-state index in [0.717, 1.165) is 12.8 Å². The smallest absolute Gasteiger partial charge is 0.279 e. The van der Waals surface area contributed by atoms with Crippen molar-refractivity contribution in [3.8, 4) is 0 Å². The fourth-order valence-corrected chi connectivity index (χ4v) is 3.74. The number of hydrogen-bond acceptors (Lipinski definition) is 3. The molecule has 2 unspecified atom stereocenters. The van der Waals surface area contributed by atoms with Crippen molar-refractivity contribution in [1.29, 1.82) is 0 Å². The van der Waals surface area contributed by atoms with Crippen LogP contribution in [0.15, 0.2) is 0 Å². The summed E-state index contributed by atoms with van der Waals surface area (Å²) in [6, 6.07) is -0.0524. The van der Waals surface area contributed by atoms with Gasteiger partial charge in [0, 0.05) is 25.7 Å². The second-order valence-electron chi connectivity index (χ2n) is 5.38. The van der Waals surface area contributed by atoms with Gasteiger partial charge in [0.15, 0.2) is 0 Å². The van der Waals surface area contributed by atoms with Crippen LogP contribution in [0.4, 0.5) is 0 Å². The Kier molecular flexibility index (Phi) is 5.37. The van der Waals surface area contributed by atoms with E-state index < -0.39 is 10.2 Å². The lowest BCUT2D eigenvalue weighted by atomic mass is 9.94. The number of hydrogen-bond donors (Lipinski definition) is 2. The molecule has 0 aliphatic carbocycles. The van der Waals surface area contributed by atoms with Crippen molar-refractivity contribution in [3.63, 3.8) is 0 Å². The highest BCUT2D eigenvalue weighted by molar-refractivity contribution is 7.87. The number of nitrogens with zero attached hydrogens (tertiary/aromatic N) is 1. The lowest BCUT2D eigenvalue weighted by molar-refractivity contribution is 0.208. The molecule has 2 atom stereocenters. The van der Waals surface area contributed by atoms with Gasteiger partial charge < -0.3 is 5.73 Å². The van der Waals surface area contributed by atoms with Gasteiger partial charge in [-0.2, -0.15) is 12.7 Å². The maximum Gasteiger partial charge on any atom is 0.279 e. The zero-order valence-electron chi connectivity index (χ0n) is 11.0. The Hall–Kier alpha value is -0.170. The summed E-state index contributed by atoms with van der Waals surface area (Å²) in [6.07, 6.45) is 1.78. The summed E-state index contributed by atoms with van der Waals surface area (Å²) in [4.78, 5) is 0. The van der Waals surface area contributed by atoms with Crippen molar-refractivity contribution in [2.75, 3.05) is 19.6 Å². The highest BCUT2D eigenvalue weighted by atomic mass is 32.2. The monoisotopic (exact) mass is 263 g/mol. The van der Waals surface area contributed by atoms with Crippen LogP contribution in [0.2, 0.25) is 0 Å². The van der Waals surface area contributed by atoms with Gasteiger partial charge in [0.05, 0.1) is 0 Å². The van der Waals surface area contributed by atoms with E-state index in [4.69, 9.17) is 5.73 Å². The topological polar surface area (TPSA) is 75.4 Å². The first kappa shape index (κ1) is 14.9. The molecular weight excluding hydrogens is 238 g/mol. The Bertz CT molecular complexity index is 330. The average molecular weight is 263 g/mol. The van der Waals surface area contributed by atoms with Crippen LogP contribution in [0.5, 0.6) is 0 Å². The van der Waals surface area contributed by atoms with Crippen LogP contribution in [-0.2, 0) is 10.2 Å². The van der Waals surface area contributed by atoms with Crippen molar-refractivity contribution in [2.45, 2.75) is 39.7 Å². The highest BCUT2D eigenvalue weighted by Gasteiger charge is 2.33. The van der Waals surface area contributed by atoms with Crippen molar-refractivity contribution >= 4 is 10.2 Å². The molecule has 0 aromatic heterocycles. The van der Waals surface area contributed by atoms with Gasteiger partial charge in [0.2, 0.25) is 0 Å². The van der Waals surface area contributed by atoms with E-state index in [-0.39, 0.29) is 6.04 Å². The van der Waals surface area contributed by atoms with Gasteiger partial charge in [-0.3, -0.25) is 0 Å². The molecule has 0 aromatic carbocycles. The molecule has 3 N–H and O–H groups in total. The summed E-state index contributed by atoms with van der Waals surface area (Å²) in [5.74, 6) is 0.866. The van der Waals surface area contributed by atoms with Gasteiger partial charge in [-0.05, 0) is 24.7 Å². The average Bonchev–Trinajstić information content (AvgIpc) is 2.26. The van der Waals surface area contributed by atoms with Crippen LogP contribution >= 0.6 is 0 Å². The fraction of sp³-hybridized carbons (Fsp3) is 1.00. The standard InChI is InChI=1S/C11H25N3O2S/c1-9(2)8-13-17(15,16)14-5-4-10(3)6-11(14)7-12/h9-11,13H,4-8,12H2,1-3H3. The van der Waals surface area contributed by atoms with Crippen LogP contribution in [-0.4, -0.2) is 38.4 Å². The Morgan fingerprint density at radius 3 is 2.65 bits per heavy atom. The molecule has 0 aromatic rings. The lowest BCUT2D eigenvalue weighted by Crippen LogP contribution is -2.53. The number of nitrogens with one attached hydrogen (secondary N) is 1. The number of piperidine rings is 1. The van der Waals surface area contributed by atoms with Gasteiger partial charge in [0.1, 0.15) is 0 Å². The summed E-state index contributed by atoms with van der Waals surface area (Å²) in [5, 5.41) is 0. The van der Waals surface area contributed by atoms with Crippen LogP contribution in [0, 0.1) is 11.8 Å². The van der Waals surface area contributed by atoms with Crippen molar-refractivity contribution in [2.24, 2.45) is 17.6 Å². The van der Waals surface area contributed by atoms with Gasteiger partial charge in [0.25, 0.3) is 10.2 Å². The first-order valence-corrected chi connectivity index (χ1v) is 7.77. The van der Waals surface area contributed by atoms with Gasteiger partial charge in [-0.15, -0.1) is 0 Å². The lowest BCUT2D eigenvalue weighted by Gasteiger charge is -2.36. The molecule has 5 nitrogen and oxygen atoms in total. The van der Waals surface area contributed by atoms with Gasteiger partial charge in [-0.1, -0.05) is 20.8 Å². The SMILES string of the molecule is CC(C)CNS(=O)(=O)N1CCC(C)CC1CN. The third kappa shape index (κ3) is 4.21. The molecule has 0 amide bonds. The van der Waals surface area contributed by atoms with Crippen molar-refractivity contribution in [3.05, 3.63) is 0 Å². The van der Waals surface area contributed by atoms with Gasteiger partial charge in [-0.25, -0.2) is 4.72 Å². The van der Waals surface area contributed by atoms with Crippen LogP contribution in [0.3, 0.4) is 0 Å². The third-order valence-electron chi connectivity index (χ3n) is 3.18. The molecule has 17 heavy (non-hydrogen) atoms. The van der Waals surface area contributed by atoms with E-state index in [1.165, 1.54) is 4.31 Å². The Morgan fingerprint density at radius 2 is 2.12 bits per heavy atom. The third-order valence-corrected chi connectivity index (χ3v) is 4.81. The quantitative estimate of drug-likeness (QED) is 0.760. The summed E-state index contributed by atoms with van der Waals surface area (Å²) in [5.41, 5.74) is 5.67. The molecule has 1 heterocycles. The largest absolute Gasteiger partial charge is 0.329 e. The predicted octanol–water partition coefficient (Wildman–Crippen LogP) is 0.536. The molecule has 0 saturated carbocycles. The Morgan fingerprint density at radius 1 is 1.47 bits per heavy atom. The first-order chi connectivity index (χ1) is 7.86. The zero-order valence-corrected chi connectivity index (χ0v) is 11.8. The first-order valence-electron chi connectivity index (χ1n) is 6.33. The zero-order chi connectivity index (χ0) is 13.1. The molecule has 1 aliphatic heterocycles. The van der Waals surface area contributed by atoms with Crippen LogP contribution in [0.1, 0.15) is 33.6 Å². The highest BCUT2D eigenvalue weighted by Crippen LogP contribution is 2.23. The maximum absolute atomic E-state index is 12.1. The molecule has 1 aliphatic rings.